The van der Waals surface area contributed by atoms with Gasteiger partial charge in [0.2, 0.25) is 0 Å². The highest BCUT2D eigenvalue weighted by Crippen LogP contribution is 2.49. The molecule has 3 aromatic carbocycles. The predicted octanol–water partition coefficient (Wildman–Crippen LogP) is 5.74. The summed E-state index contributed by atoms with van der Waals surface area (Å²) in [5, 5.41) is 0. The maximum Gasteiger partial charge on any atom is 0.132 e. The topological polar surface area (TPSA) is 9.23 Å². The van der Waals surface area contributed by atoms with Gasteiger partial charge in [0.05, 0.1) is 0 Å². The van der Waals surface area contributed by atoms with E-state index in [9.17, 15) is 0 Å². The Balaban J connectivity index is 2.01. The number of hydrogen-bond acceptors (Lipinski definition) is 1. The lowest BCUT2D eigenvalue weighted by Gasteiger charge is -2.29. The van der Waals surface area contributed by atoms with Crippen molar-refractivity contribution in [3.8, 4) is 11.5 Å². The summed E-state index contributed by atoms with van der Waals surface area (Å²) in [4.78, 5) is 0. The van der Waals surface area contributed by atoms with E-state index in [4.69, 9.17) is 4.74 Å². The van der Waals surface area contributed by atoms with Crippen LogP contribution in [0.25, 0.3) is 0 Å². The van der Waals surface area contributed by atoms with Crippen LogP contribution in [0.2, 0.25) is 0 Å². The van der Waals surface area contributed by atoms with Crippen molar-refractivity contribution in [1.29, 1.82) is 0 Å². The van der Waals surface area contributed by atoms with Gasteiger partial charge >= 0.3 is 0 Å². The highest BCUT2D eigenvalue weighted by Gasteiger charge is 2.29. The van der Waals surface area contributed by atoms with Gasteiger partial charge in [0.15, 0.2) is 0 Å². The predicted molar refractivity (Wildman–Crippen MR) is 88.0 cm³/mol. The van der Waals surface area contributed by atoms with E-state index in [1.54, 1.807) is 0 Å². The Morgan fingerprint density at radius 2 is 1.43 bits per heavy atom. The van der Waals surface area contributed by atoms with Crippen molar-refractivity contribution in [3.05, 3.63) is 94.0 Å². The molecule has 0 aromatic heterocycles. The molecule has 102 valence electrons. The minimum atomic E-state index is 0.196. The third-order valence-corrected chi connectivity index (χ3v) is 4.58. The fraction of sp³-hybridized carbons (Fsp3) is 0.0526. The molecular formula is C19H13BrO. The van der Waals surface area contributed by atoms with Gasteiger partial charge in [0.25, 0.3) is 0 Å². The van der Waals surface area contributed by atoms with Gasteiger partial charge in [-0.05, 0) is 23.8 Å². The molecule has 0 aliphatic carbocycles. The Morgan fingerprint density at radius 3 is 2.29 bits per heavy atom. The largest absolute Gasteiger partial charge is 0.457 e. The zero-order valence-electron chi connectivity index (χ0n) is 11.3. The zero-order chi connectivity index (χ0) is 14.2. The molecule has 1 aliphatic rings. The minimum absolute atomic E-state index is 0.196. The van der Waals surface area contributed by atoms with E-state index in [0.717, 1.165) is 16.0 Å². The van der Waals surface area contributed by atoms with E-state index in [0.29, 0.717) is 0 Å². The lowest BCUT2D eigenvalue weighted by atomic mass is 9.83. The molecule has 0 spiro atoms. The Labute approximate surface area is 132 Å². The summed E-state index contributed by atoms with van der Waals surface area (Å²) in [6.45, 7) is 0. The van der Waals surface area contributed by atoms with Crippen LogP contribution in [-0.2, 0) is 0 Å². The van der Waals surface area contributed by atoms with Crippen LogP contribution in [0.3, 0.4) is 0 Å². The van der Waals surface area contributed by atoms with Crippen LogP contribution >= 0.6 is 15.9 Å². The number of ether oxygens (including phenoxy) is 1. The molecule has 4 rings (SSSR count). The highest BCUT2D eigenvalue weighted by molar-refractivity contribution is 9.10. The molecule has 0 fully saturated rings. The van der Waals surface area contributed by atoms with Crippen molar-refractivity contribution in [3.63, 3.8) is 0 Å². The van der Waals surface area contributed by atoms with Gasteiger partial charge in [-0.3, -0.25) is 0 Å². The van der Waals surface area contributed by atoms with Crippen LogP contribution in [0.4, 0.5) is 0 Å². The van der Waals surface area contributed by atoms with Crippen LogP contribution in [-0.4, -0.2) is 0 Å². The van der Waals surface area contributed by atoms with Gasteiger partial charge in [-0.2, -0.15) is 0 Å². The van der Waals surface area contributed by atoms with Crippen molar-refractivity contribution in [1.82, 2.24) is 0 Å². The van der Waals surface area contributed by atoms with Crippen molar-refractivity contribution in [2.45, 2.75) is 5.92 Å². The lowest BCUT2D eigenvalue weighted by Crippen LogP contribution is -2.12. The molecule has 3 aromatic rings. The molecule has 1 atom stereocenters. The van der Waals surface area contributed by atoms with Gasteiger partial charge in [-0.15, -0.1) is 0 Å². The second-order valence-corrected chi connectivity index (χ2v) is 5.99. The van der Waals surface area contributed by atoms with Gasteiger partial charge in [-0.1, -0.05) is 70.5 Å². The quantitative estimate of drug-likeness (QED) is 0.431. The molecule has 0 saturated carbocycles. The number of hydrogen-bond donors (Lipinski definition) is 0. The van der Waals surface area contributed by atoms with Crippen LogP contribution in [0.5, 0.6) is 11.5 Å². The SMILES string of the molecule is Brc1cccc2c1C(c1ccccc1)c1ccccc1O2. The average Bonchev–Trinajstić information content (AvgIpc) is 2.54. The molecule has 0 bridgehead atoms. The molecule has 2 heteroatoms. The number of fused-ring (bicyclic) bond motifs is 2. The first-order valence-electron chi connectivity index (χ1n) is 6.95. The maximum atomic E-state index is 6.08. The standard InChI is InChI=1S/C19H13BrO/c20-15-10-6-12-17-19(15)18(13-7-2-1-3-8-13)14-9-4-5-11-16(14)21-17/h1-12,18H. The molecule has 0 N–H and O–H groups in total. The first-order chi connectivity index (χ1) is 10.3. The molecular weight excluding hydrogens is 324 g/mol. The smallest absolute Gasteiger partial charge is 0.132 e. The summed E-state index contributed by atoms with van der Waals surface area (Å²) >= 11 is 3.69. The van der Waals surface area contributed by atoms with Crippen molar-refractivity contribution in [2.75, 3.05) is 0 Å². The number of halogens is 1. The van der Waals surface area contributed by atoms with E-state index < -0.39 is 0 Å². The number of benzene rings is 3. The van der Waals surface area contributed by atoms with E-state index in [-0.39, 0.29) is 5.92 Å². The first-order valence-corrected chi connectivity index (χ1v) is 7.74. The summed E-state index contributed by atoms with van der Waals surface area (Å²) in [5.41, 5.74) is 3.69. The summed E-state index contributed by atoms with van der Waals surface area (Å²) in [5.74, 6) is 2.07. The highest BCUT2D eigenvalue weighted by atomic mass is 79.9. The monoisotopic (exact) mass is 336 g/mol. The van der Waals surface area contributed by atoms with E-state index in [1.807, 2.05) is 24.3 Å². The van der Waals surface area contributed by atoms with Crippen LogP contribution < -0.4 is 4.74 Å². The number of para-hydroxylation sites is 1. The van der Waals surface area contributed by atoms with Gasteiger partial charge in [-0.25, -0.2) is 0 Å². The molecule has 0 amide bonds. The summed E-state index contributed by atoms with van der Waals surface area (Å²) in [6, 6.07) is 25.0. The van der Waals surface area contributed by atoms with Gasteiger partial charge in [0, 0.05) is 21.5 Å². The third-order valence-electron chi connectivity index (χ3n) is 3.88. The Bertz CT molecular complexity index is 796. The van der Waals surface area contributed by atoms with Crippen LogP contribution in [0.1, 0.15) is 22.6 Å². The van der Waals surface area contributed by atoms with Crippen LogP contribution in [0.15, 0.2) is 77.3 Å². The van der Waals surface area contributed by atoms with Crippen LogP contribution in [0, 0.1) is 0 Å². The first kappa shape index (κ1) is 12.7. The Kier molecular flexibility index (Phi) is 3.04. The Morgan fingerprint density at radius 1 is 0.714 bits per heavy atom. The molecule has 1 aliphatic heterocycles. The third kappa shape index (κ3) is 2.07. The van der Waals surface area contributed by atoms with E-state index in [2.05, 4.69) is 64.5 Å². The normalized spacial score (nSPS) is 15.8. The van der Waals surface area contributed by atoms with Gasteiger partial charge in [0.1, 0.15) is 11.5 Å². The molecule has 1 nitrogen and oxygen atoms in total. The van der Waals surface area contributed by atoms with E-state index in [1.165, 1.54) is 16.7 Å². The van der Waals surface area contributed by atoms with E-state index >= 15 is 0 Å². The van der Waals surface area contributed by atoms with Gasteiger partial charge < -0.3 is 4.74 Å². The zero-order valence-corrected chi connectivity index (χ0v) is 12.9. The van der Waals surface area contributed by atoms with Crippen molar-refractivity contribution >= 4 is 15.9 Å². The summed E-state index contributed by atoms with van der Waals surface area (Å²) in [6.07, 6.45) is 0. The fourth-order valence-electron chi connectivity index (χ4n) is 2.96. The maximum absolute atomic E-state index is 6.08. The molecule has 21 heavy (non-hydrogen) atoms. The second-order valence-electron chi connectivity index (χ2n) is 5.14. The average molecular weight is 337 g/mol. The molecule has 0 radical (unpaired) electrons. The molecule has 1 unspecified atom stereocenters. The summed E-state index contributed by atoms with van der Waals surface area (Å²) < 4.78 is 7.17. The Hall–Kier alpha value is -2.06. The molecule has 0 saturated heterocycles. The minimum Gasteiger partial charge on any atom is -0.457 e. The summed E-state index contributed by atoms with van der Waals surface area (Å²) in [7, 11) is 0. The van der Waals surface area contributed by atoms with Crippen molar-refractivity contribution < 1.29 is 4.74 Å². The van der Waals surface area contributed by atoms with Crippen molar-refractivity contribution in [2.24, 2.45) is 0 Å². The second kappa shape index (κ2) is 5.05. The number of rotatable bonds is 1. The fourth-order valence-corrected chi connectivity index (χ4v) is 3.54. The molecule has 1 heterocycles. The lowest BCUT2D eigenvalue weighted by molar-refractivity contribution is 0.452.